The first-order valence-corrected chi connectivity index (χ1v) is 4.74. The standard InChI is InChI=1S/C8H5BrClFN2/c1-13-7-5(8(9)12-13)2-4(10)3-6(7)11/h2-3H,1H3. The van der Waals surface area contributed by atoms with Crippen LogP contribution >= 0.6 is 27.5 Å². The smallest absolute Gasteiger partial charge is 0.150 e. The molecule has 2 aromatic rings. The molecule has 5 heteroatoms. The summed E-state index contributed by atoms with van der Waals surface area (Å²) in [6, 6.07) is 2.95. The van der Waals surface area contributed by atoms with Gasteiger partial charge in [0.1, 0.15) is 10.1 Å². The van der Waals surface area contributed by atoms with Crippen molar-refractivity contribution >= 4 is 38.4 Å². The molecule has 1 heterocycles. The molecule has 0 aliphatic heterocycles. The molecule has 13 heavy (non-hydrogen) atoms. The third-order valence-corrected chi connectivity index (χ3v) is 2.62. The van der Waals surface area contributed by atoms with E-state index in [2.05, 4.69) is 21.0 Å². The molecule has 0 spiro atoms. The number of rotatable bonds is 0. The van der Waals surface area contributed by atoms with Gasteiger partial charge in [0.15, 0.2) is 5.82 Å². The second-order valence-corrected chi connectivity index (χ2v) is 3.89. The van der Waals surface area contributed by atoms with E-state index in [1.165, 1.54) is 10.7 Å². The van der Waals surface area contributed by atoms with E-state index >= 15 is 0 Å². The van der Waals surface area contributed by atoms with Crippen LogP contribution < -0.4 is 0 Å². The van der Waals surface area contributed by atoms with Gasteiger partial charge < -0.3 is 0 Å². The van der Waals surface area contributed by atoms with E-state index in [9.17, 15) is 4.39 Å². The van der Waals surface area contributed by atoms with Crippen molar-refractivity contribution < 1.29 is 4.39 Å². The molecule has 68 valence electrons. The highest BCUT2D eigenvalue weighted by Crippen LogP contribution is 2.28. The van der Waals surface area contributed by atoms with E-state index in [-0.39, 0.29) is 5.82 Å². The molecule has 0 atom stereocenters. The quantitative estimate of drug-likeness (QED) is 0.714. The highest BCUT2D eigenvalue weighted by atomic mass is 79.9. The minimum absolute atomic E-state index is 0.358. The molecule has 1 aromatic heterocycles. The van der Waals surface area contributed by atoms with Gasteiger partial charge in [0, 0.05) is 17.5 Å². The number of aromatic nitrogens is 2. The van der Waals surface area contributed by atoms with Gasteiger partial charge in [-0.1, -0.05) is 11.6 Å². The van der Waals surface area contributed by atoms with Crippen LogP contribution in [0.5, 0.6) is 0 Å². The number of hydrogen-bond acceptors (Lipinski definition) is 1. The first kappa shape index (κ1) is 8.97. The fourth-order valence-corrected chi connectivity index (χ4v) is 2.03. The van der Waals surface area contributed by atoms with Crippen LogP contribution in [0.1, 0.15) is 0 Å². The van der Waals surface area contributed by atoms with Crippen LogP contribution in [0, 0.1) is 5.82 Å². The Bertz CT molecular complexity index is 480. The number of halogens is 3. The average Bonchev–Trinajstić information content (AvgIpc) is 2.27. The van der Waals surface area contributed by atoms with Gasteiger partial charge in [-0.25, -0.2) is 4.39 Å². The van der Waals surface area contributed by atoms with Crippen LogP contribution in [0.2, 0.25) is 5.02 Å². The maximum atomic E-state index is 13.4. The molecular formula is C8H5BrClFN2. The molecule has 1 aromatic carbocycles. The summed E-state index contributed by atoms with van der Waals surface area (Å²) in [6.07, 6.45) is 0. The topological polar surface area (TPSA) is 17.8 Å². The molecule has 0 saturated heterocycles. The second-order valence-electron chi connectivity index (χ2n) is 2.70. The zero-order valence-electron chi connectivity index (χ0n) is 6.68. The van der Waals surface area contributed by atoms with Crippen molar-refractivity contribution in [3.8, 4) is 0 Å². The Morgan fingerprint density at radius 2 is 2.23 bits per heavy atom. The lowest BCUT2D eigenvalue weighted by Gasteiger charge is -1.96. The zero-order valence-corrected chi connectivity index (χ0v) is 9.02. The lowest BCUT2D eigenvalue weighted by Crippen LogP contribution is -1.91. The van der Waals surface area contributed by atoms with Gasteiger partial charge in [-0.15, -0.1) is 0 Å². The highest BCUT2D eigenvalue weighted by molar-refractivity contribution is 9.10. The van der Waals surface area contributed by atoms with Gasteiger partial charge in [-0.05, 0) is 28.1 Å². The summed E-state index contributed by atoms with van der Waals surface area (Å²) in [5.41, 5.74) is 0.455. The van der Waals surface area contributed by atoms with Gasteiger partial charge in [0.2, 0.25) is 0 Å². The van der Waals surface area contributed by atoms with Crippen molar-refractivity contribution in [3.63, 3.8) is 0 Å². The summed E-state index contributed by atoms with van der Waals surface area (Å²) in [4.78, 5) is 0. The summed E-state index contributed by atoms with van der Waals surface area (Å²) in [6.45, 7) is 0. The normalized spacial score (nSPS) is 11.1. The molecule has 0 radical (unpaired) electrons. The molecule has 0 saturated carbocycles. The number of benzene rings is 1. The summed E-state index contributed by atoms with van der Waals surface area (Å²) in [5.74, 6) is -0.358. The Hall–Kier alpha value is -0.610. The van der Waals surface area contributed by atoms with Crippen LogP contribution in [0.3, 0.4) is 0 Å². The Labute approximate surface area is 87.4 Å². The minimum atomic E-state index is -0.358. The predicted molar refractivity (Wildman–Crippen MR) is 53.4 cm³/mol. The molecular weight excluding hydrogens is 258 g/mol. The van der Waals surface area contributed by atoms with E-state index < -0.39 is 0 Å². The molecule has 0 bridgehead atoms. The predicted octanol–water partition coefficient (Wildman–Crippen LogP) is 3.13. The van der Waals surface area contributed by atoms with Crippen LogP contribution in [0.15, 0.2) is 16.7 Å². The first-order valence-electron chi connectivity index (χ1n) is 3.57. The zero-order chi connectivity index (χ0) is 9.59. The van der Waals surface area contributed by atoms with E-state index in [0.29, 0.717) is 20.5 Å². The summed E-state index contributed by atoms with van der Waals surface area (Å²) >= 11 is 8.94. The first-order chi connectivity index (χ1) is 6.09. The molecule has 2 rings (SSSR count). The lowest BCUT2D eigenvalue weighted by atomic mass is 10.2. The number of fused-ring (bicyclic) bond motifs is 1. The highest BCUT2D eigenvalue weighted by Gasteiger charge is 2.11. The number of nitrogens with zero attached hydrogens (tertiary/aromatic N) is 2. The Morgan fingerprint density at radius 3 is 2.92 bits per heavy atom. The van der Waals surface area contributed by atoms with Crippen molar-refractivity contribution in [1.29, 1.82) is 0 Å². The van der Waals surface area contributed by atoms with Crippen molar-refractivity contribution in [2.45, 2.75) is 0 Å². The molecule has 0 amide bonds. The Morgan fingerprint density at radius 1 is 1.54 bits per heavy atom. The Kier molecular flexibility index (Phi) is 2.04. The number of hydrogen-bond donors (Lipinski definition) is 0. The maximum Gasteiger partial charge on any atom is 0.150 e. The average molecular weight is 263 g/mol. The summed E-state index contributed by atoms with van der Waals surface area (Å²) < 4.78 is 15.4. The molecule has 2 nitrogen and oxygen atoms in total. The van der Waals surface area contributed by atoms with Crippen molar-refractivity contribution in [2.75, 3.05) is 0 Å². The fraction of sp³-hybridized carbons (Fsp3) is 0.125. The van der Waals surface area contributed by atoms with E-state index in [1.54, 1.807) is 13.1 Å². The van der Waals surface area contributed by atoms with Gasteiger partial charge in [0.05, 0.1) is 0 Å². The molecule has 0 fully saturated rings. The van der Waals surface area contributed by atoms with Crippen molar-refractivity contribution in [2.24, 2.45) is 7.05 Å². The van der Waals surface area contributed by atoms with Crippen LogP contribution in [-0.4, -0.2) is 9.78 Å². The van der Waals surface area contributed by atoms with E-state index in [0.717, 1.165) is 0 Å². The lowest BCUT2D eigenvalue weighted by molar-refractivity contribution is 0.625. The van der Waals surface area contributed by atoms with Gasteiger partial charge >= 0.3 is 0 Å². The third-order valence-electron chi connectivity index (χ3n) is 1.81. The Balaban J connectivity index is 2.97. The van der Waals surface area contributed by atoms with E-state index in [1.807, 2.05) is 0 Å². The molecule has 0 aliphatic rings. The third kappa shape index (κ3) is 1.34. The molecule has 0 aliphatic carbocycles. The summed E-state index contributed by atoms with van der Waals surface area (Å²) in [7, 11) is 1.68. The second kappa shape index (κ2) is 2.96. The maximum absolute atomic E-state index is 13.4. The molecule has 0 unspecified atom stereocenters. The molecule has 0 N–H and O–H groups in total. The van der Waals surface area contributed by atoms with Crippen LogP contribution in [0.25, 0.3) is 10.9 Å². The minimum Gasteiger partial charge on any atom is -0.264 e. The van der Waals surface area contributed by atoms with E-state index in [4.69, 9.17) is 11.6 Å². The van der Waals surface area contributed by atoms with Crippen LogP contribution in [-0.2, 0) is 7.05 Å². The summed E-state index contributed by atoms with van der Waals surface area (Å²) in [5, 5.41) is 5.09. The van der Waals surface area contributed by atoms with Gasteiger partial charge in [-0.2, -0.15) is 5.10 Å². The largest absolute Gasteiger partial charge is 0.264 e. The van der Waals surface area contributed by atoms with Crippen molar-refractivity contribution in [1.82, 2.24) is 9.78 Å². The number of aryl methyl sites for hydroxylation is 1. The monoisotopic (exact) mass is 262 g/mol. The van der Waals surface area contributed by atoms with Gasteiger partial charge in [-0.3, -0.25) is 4.68 Å². The van der Waals surface area contributed by atoms with Crippen molar-refractivity contribution in [3.05, 3.63) is 27.6 Å². The fourth-order valence-electron chi connectivity index (χ4n) is 1.29. The van der Waals surface area contributed by atoms with Crippen LogP contribution in [0.4, 0.5) is 4.39 Å². The van der Waals surface area contributed by atoms with Gasteiger partial charge in [0.25, 0.3) is 0 Å². The SMILES string of the molecule is Cn1nc(Br)c2cc(Cl)cc(F)c21.